The number of carboxylic acids is 1. The van der Waals surface area contributed by atoms with Crippen LogP contribution in [0, 0.1) is 11.8 Å². The number of piperidine rings is 1. The maximum Gasteiger partial charge on any atom is 0.307 e. The third-order valence-electron chi connectivity index (χ3n) is 4.38. The molecule has 2 rings (SSSR count). The summed E-state index contributed by atoms with van der Waals surface area (Å²) in [6.45, 7) is 6.88. The van der Waals surface area contributed by atoms with E-state index in [0.29, 0.717) is 25.4 Å². The second kappa shape index (κ2) is 7.64. The number of hydrogen-bond donors (Lipinski definition) is 2. The van der Waals surface area contributed by atoms with Gasteiger partial charge in [0.2, 0.25) is 5.43 Å². The zero-order valence-corrected chi connectivity index (χ0v) is 13.9. The fourth-order valence-electron chi connectivity index (χ4n) is 2.97. The van der Waals surface area contributed by atoms with Gasteiger partial charge in [-0.1, -0.05) is 13.8 Å². The van der Waals surface area contributed by atoms with Gasteiger partial charge in [-0.2, -0.15) is 0 Å². The summed E-state index contributed by atoms with van der Waals surface area (Å²) in [6, 6.07) is 1.47. The minimum atomic E-state index is -0.752. The lowest BCUT2D eigenvalue weighted by Crippen LogP contribution is -2.39. The smallest absolute Gasteiger partial charge is 0.307 e. The molecule has 1 saturated heterocycles. The molecule has 128 valence electrons. The minimum Gasteiger partial charge on any atom is -0.503 e. The van der Waals surface area contributed by atoms with Crippen molar-refractivity contribution < 1.29 is 15.0 Å². The van der Waals surface area contributed by atoms with Crippen LogP contribution in [0.3, 0.4) is 0 Å². The molecule has 0 radical (unpaired) electrons. The number of carboxylic acid groups (broad SMARTS) is 1. The van der Waals surface area contributed by atoms with Gasteiger partial charge in [-0.25, -0.2) is 0 Å². The van der Waals surface area contributed by atoms with Crippen LogP contribution in [0.2, 0.25) is 0 Å². The Morgan fingerprint density at radius 1 is 1.43 bits per heavy atom. The predicted octanol–water partition coefficient (Wildman–Crippen LogP) is 1.90. The third kappa shape index (κ3) is 4.82. The van der Waals surface area contributed by atoms with E-state index in [0.717, 1.165) is 31.6 Å². The molecule has 0 bridgehead atoms. The summed E-state index contributed by atoms with van der Waals surface area (Å²) < 4.78 is 1.92. The number of pyridine rings is 1. The fraction of sp³-hybridized carbons (Fsp3) is 0.647. The zero-order chi connectivity index (χ0) is 17.0. The number of likely N-dealkylation sites (tertiary alicyclic amines) is 1. The molecule has 6 heteroatoms. The molecule has 1 aromatic heterocycles. The van der Waals surface area contributed by atoms with E-state index < -0.39 is 5.97 Å². The number of hydrogen-bond acceptors (Lipinski definition) is 4. The molecule has 6 nitrogen and oxygen atoms in total. The molecule has 1 aliphatic rings. The Bertz CT molecular complexity index is 609. The Labute approximate surface area is 136 Å². The van der Waals surface area contributed by atoms with Gasteiger partial charge in [0, 0.05) is 31.4 Å². The lowest BCUT2D eigenvalue weighted by atomic mass is 9.98. The molecule has 2 N–H and O–H groups in total. The van der Waals surface area contributed by atoms with Crippen molar-refractivity contribution in [2.24, 2.45) is 11.8 Å². The van der Waals surface area contributed by atoms with Crippen LogP contribution >= 0.6 is 0 Å². The summed E-state index contributed by atoms with van der Waals surface area (Å²) >= 11 is 0. The second-order valence-electron chi connectivity index (χ2n) is 6.80. The molecule has 2 heterocycles. The molecule has 1 aliphatic heterocycles. The van der Waals surface area contributed by atoms with Crippen molar-refractivity contribution in [2.45, 2.75) is 46.2 Å². The van der Waals surface area contributed by atoms with Crippen LogP contribution in [0.15, 0.2) is 17.1 Å². The van der Waals surface area contributed by atoms with E-state index in [9.17, 15) is 19.8 Å². The Hall–Kier alpha value is -1.82. The van der Waals surface area contributed by atoms with E-state index >= 15 is 0 Å². The largest absolute Gasteiger partial charge is 0.503 e. The van der Waals surface area contributed by atoms with Crippen LogP contribution in [0.25, 0.3) is 0 Å². The van der Waals surface area contributed by atoms with Crippen molar-refractivity contribution in [3.63, 3.8) is 0 Å². The number of carbonyl (C=O) groups is 1. The van der Waals surface area contributed by atoms with Crippen molar-refractivity contribution in [1.29, 1.82) is 0 Å². The van der Waals surface area contributed by atoms with Crippen molar-refractivity contribution >= 4 is 5.97 Å². The van der Waals surface area contributed by atoms with Crippen molar-refractivity contribution in [3.05, 3.63) is 28.2 Å². The Kier molecular flexibility index (Phi) is 5.82. The first-order valence-corrected chi connectivity index (χ1v) is 8.24. The van der Waals surface area contributed by atoms with Gasteiger partial charge in [0.05, 0.1) is 12.1 Å². The van der Waals surface area contributed by atoms with Crippen molar-refractivity contribution in [2.75, 3.05) is 13.1 Å². The monoisotopic (exact) mass is 322 g/mol. The lowest BCUT2D eigenvalue weighted by Gasteiger charge is -2.31. The van der Waals surface area contributed by atoms with Gasteiger partial charge < -0.3 is 14.8 Å². The summed E-state index contributed by atoms with van der Waals surface area (Å²) in [7, 11) is 0. The zero-order valence-electron chi connectivity index (χ0n) is 13.9. The second-order valence-corrected chi connectivity index (χ2v) is 6.80. The van der Waals surface area contributed by atoms with Gasteiger partial charge in [-0.15, -0.1) is 0 Å². The molecule has 0 aliphatic carbocycles. The average Bonchev–Trinajstić information content (AvgIpc) is 2.49. The van der Waals surface area contributed by atoms with Gasteiger partial charge in [-0.05, 0) is 31.7 Å². The SMILES string of the molecule is CC(C)CCn1cc(O)c(=O)cc1CN1CCCC(C(=O)O)C1. The van der Waals surface area contributed by atoms with Crippen LogP contribution in [0.4, 0.5) is 0 Å². The van der Waals surface area contributed by atoms with Gasteiger partial charge in [0.25, 0.3) is 0 Å². The first-order chi connectivity index (χ1) is 10.9. The summed E-state index contributed by atoms with van der Waals surface area (Å²) in [5, 5.41) is 18.9. The fourth-order valence-corrected chi connectivity index (χ4v) is 2.97. The van der Waals surface area contributed by atoms with E-state index in [1.165, 1.54) is 12.3 Å². The molecule has 1 fully saturated rings. The number of aromatic hydroxyl groups is 1. The van der Waals surface area contributed by atoms with E-state index in [2.05, 4.69) is 18.7 Å². The molecule has 23 heavy (non-hydrogen) atoms. The predicted molar refractivity (Wildman–Crippen MR) is 87.5 cm³/mol. The minimum absolute atomic E-state index is 0.237. The Balaban J connectivity index is 2.15. The topological polar surface area (TPSA) is 82.8 Å². The van der Waals surface area contributed by atoms with Gasteiger partial charge in [0.1, 0.15) is 0 Å². The van der Waals surface area contributed by atoms with Crippen LogP contribution < -0.4 is 5.43 Å². The van der Waals surface area contributed by atoms with Crippen LogP contribution in [0.5, 0.6) is 5.75 Å². The standard InChI is InChI=1S/C17H26N2O4/c1-12(2)5-7-19-11-16(21)15(20)8-14(19)10-18-6-3-4-13(9-18)17(22)23/h8,11-13,21H,3-7,9-10H2,1-2H3,(H,22,23). The molecule has 1 unspecified atom stereocenters. The highest BCUT2D eigenvalue weighted by atomic mass is 16.4. The number of aliphatic carboxylic acids is 1. The molecule has 0 spiro atoms. The summed E-state index contributed by atoms with van der Waals surface area (Å²) in [5.74, 6) is -0.801. The number of rotatable bonds is 6. The molecular weight excluding hydrogens is 296 g/mol. The number of aryl methyl sites for hydroxylation is 1. The lowest BCUT2D eigenvalue weighted by molar-refractivity contribution is -0.143. The molecule has 1 aromatic rings. The average molecular weight is 322 g/mol. The maximum atomic E-state index is 11.8. The summed E-state index contributed by atoms with van der Waals surface area (Å²) in [6.07, 6.45) is 4.01. The first kappa shape index (κ1) is 17.5. The third-order valence-corrected chi connectivity index (χ3v) is 4.38. The quantitative estimate of drug-likeness (QED) is 0.836. The Morgan fingerprint density at radius 2 is 2.17 bits per heavy atom. The first-order valence-electron chi connectivity index (χ1n) is 8.24. The maximum absolute atomic E-state index is 11.8. The van der Waals surface area contributed by atoms with Crippen molar-refractivity contribution in [1.82, 2.24) is 9.47 Å². The van der Waals surface area contributed by atoms with E-state index in [1.807, 2.05) is 4.57 Å². The van der Waals surface area contributed by atoms with Gasteiger partial charge >= 0.3 is 5.97 Å². The Morgan fingerprint density at radius 3 is 2.83 bits per heavy atom. The highest BCUT2D eigenvalue weighted by molar-refractivity contribution is 5.70. The van der Waals surface area contributed by atoms with Gasteiger partial charge in [0.15, 0.2) is 5.75 Å². The number of aromatic nitrogens is 1. The molecule has 1 atom stereocenters. The molecule has 0 aromatic carbocycles. The molecule has 0 saturated carbocycles. The van der Waals surface area contributed by atoms with Gasteiger partial charge in [-0.3, -0.25) is 14.5 Å². The summed E-state index contributed by atoms with van der Waals surface area (Å²) in [4.78, 5) is 25.0. The highest BCUT2D eigenvalue weighted by Gasteiger charge is 2.25. The van der Waals surface area contributed by atoms with Crippen LogP contribution in [-0.4, -0.2) is 38.7 Å². The number of nitrogens with zero attached hydrogens (tertiary/aromatic N) is 2. The summed E-state index contributed by atoms with van der Waals surface area (Å²) in [5.41, 5.74) is 0.451. The van der Waals surface area contributed by atoms with Crippen molar-refractivity contribution in [3.8, 4) is 5.75 Å². The molecule has 0 amide bonds. The normalized spacial score (nSPS) is 19.2. The van der Waals surface area contributed by atoms with E-state index in [-0.39, 0.29) is 17.1 Å². The van der Waals surface area contributed by atoms with Crippen LogP contribution in [-0.2, 0) is 17.9 Å². The van der Waals surface area contributed by atoms with Crippen LogP contribution in [0.1, 0.15) is 38.8 Å². The van der Waals surface area contributed by atoms with E-state index in [4.69, 9.17) is 0 Å². The van der Waals surface area contributed by atoms with E-state index in [1.54, 1.807) is 0 Å². The highest BCUT2D eigenvalue weighted by Crippen LogP contribution is 2.19. The molecular formula is C17H26N2O4.